The lowest BCUT2D eigenvalue weighted by Crippen LogP contribution is -2.54. The van der Waals surface area contributed by atoms with Crippen LogP contribution < -0.4 is 24.8 Å². The van der Waals surface area contributed by atoms with Crippen molar-refractivity contribution in [3.05, 3.63) is 54.1 Å². The number of carbonyl (C=O) groups excluding carboxylic acids is 4. The van der Waals surface area contributed by atoms with Crippen molar-refractivity contribution in [2.24, 2.45) is 0 Å². The van der Waals surface area contributed by atoms with Crippen molar-refractivity contribution in [1.29, 1.82) is 0 Å². The standard InChI is InChI=1S/C33H45N3O8/c1-5-11-30(39)43-27-17-16-23(19-28(27)44-31(40)12-6-2)26(37)20-35-33(3,4)22-34-32(41)25-15-10-18-36(25)29(38)21-42-24-13-8-7-9-14-24/h7-9,13-14,16-17,19,25-26,35,37H,5-6,10-12,15,18,20-22H2,1-4H3,(H,34,41)/t25-,26?/m0/s1. The van der Waals surface area contributed by atoms with Crippen LogP contribution in [0.5, 0.6) is 17.2 Å². The van der Waals surface area contributed by atoms with Crippen molar-refractivity contribution in [2.45, 2.75) is 83.9 Å². The van der Waals surface area contributed by atoms with Crippen molar-refractivity contribution in [2.75, 3.05) is 26.2 Å². The number of hydrogen-bond donors (Lipinski definition) is 3. The van der Waals surface area contributed by atoms with Crippen LogP contribution >= 0.6 is 0 Å². The highest BCUT2D eigenvalue weighted by Gasteiger charge is 2.35. The molecule has 0 radical (unpaired) electrons. The molecule has 0 bridgehead atoms. The molecule has 1 saturated heterocycles. The molecule has 1 heterocycles. The Kier molecular flexibility index (Phi) is 13.2. The SMILES string of the molecule is CCCC(=O)Oc1ccc(C(O)CNC(C)(C)CNC(=O)[C@@H]2CCCN2C(=O)COc2ccccc2)cc1OC(=O)CCC. The number of para-hydroxylation sites is 1. The maximum absolute atomic E-state index is 13.1. The zero-order valence-corrected chi connectivity index (χ0v) is 26.1. The van der Waals surface area contributed by atoms with Crippen LogP contribution in [-0.2, 0) is 19.2 Å². The fourth-order valence-electron chi connectivity index (χ4n) is 4.71. The first-order valence-corrected chi connectivity index (χ1v) is 15.3. The minimum Gasteiger partial charge on any atom is -0.484 e. The van der Waals surface area contributed by atoms with Gasteiger partial charge in [0.05, 0.1) is 6.10 Å². The summed E-state index contributed by atoms with van der Waals surface area (Å²) in [5.41, 5.74) is -0.142. The van der Waals surface area contributed by atoms with Gasteiger partial charge in [-0.15, -0.1) is 0 Å². The molecule has 0 aromatic heterocycles. The number of hydrogen-bond acceptors (Lipinski definition) is 9. The number of carbonyl (C=O) groups is 4. The molecule has 2 atom stereocenters. The molecular formula is C33H45N3O8. The minimum atomic E-state index is -0.985. The summed E-state index contributed by atoms with van der Waals surface area (Å²) in [5, 5.41) is 17.1. The summed E-state index contributed by atoms with van der Waals surface area (Å²) in [6.07, 6.45) is 1.95. The molecule has 1 aliphatic rings. The molecule has 2 aromatic carbocycles. The van der Waals surface area contributed by atoms with Crippen molar-refractivity contribution in [3.63, 3.8) is 0 Å². The average molecular weight is 612 g/mol. The number of esters is 2. The Morgan fingerprint density at radius 2 is 1.64 bits per heavy atom. The van der Waals surface area contributed by atoms with Gasteiger partial charge < -0.3 is 34.9 Å². The van der Waals surface area contributed by atoms with E-state index in [0.717, 1.165) is 6.42 Å². The zero-order valence-electron chi connectivity index (χ0n) is 26.1. The molecule has 2 aromatic rings. The zero-order chi connectivity index (χ0) is 32.1. The first-order valence-electron chi connectivity index (χ1n) is 15.3. The van der Waals surface area contributed by atoms with Gasteiger partial charge in [-0.3, -0.25) is 19.2 Å². The Morgan fingerprint density at radius 3 is 2.30 bits per heavy atom. The van der Waals surface area contributed by atoms with Gasteiger partial charge in [-0.05, 0) is 69.4 Å². The Morgan fingerprint density at radius 1 is 0.977 bits per heavy atom. The van der Waals surface area contributed by atoms with E-state index in [1.807, 2.05) is 45.9 Å². The molecule has 0 saturated carbocycles. The number of amides is 2. The molecule has 0 aliphatic carbocycles. The fraction of sp³-hybridized carbons (Fsp3) is 0.515. The van der Waals surface area contributed by atoms with Crippen molar-refractivity contribution in [3.8, 4) is 17.2 Å². The average Bonchev–Trinajstić information content (AvgIpc) is 3.50. The second-order valence-corrected chi connectivity index (χ2v) is 11.5. The number of rotatable bonds is 16. The van der Waals surface area contributed by atoms with Crippen LogP contribution in [0.1, 0.15) is 77.9 Å². The van der Waals surface area contributed by atoms with Gasteiger partial charge in [0, 0.05) is 38.0 Å². The molecule has 1 unspecified atom stereocenters. The highest BCUT2D eigenvalue weighted by atomic mass is 16.6. The minimum absolute atomic E-state index is 0.0702. The molecule has 1 fully saturated rings. The lowest BCUT2D eigenvalue weighted by atomic mass is 10.0. The van der Waals surface area contributed by atoms with Gasteiger partial charge in [-0.2, -0.15) is 0 Å². The third kappa shape index (κ3) is 10.6. The van der Waals surface area contributed by atoms with E-state index < -0.39 is 29.6 Å². The highest BCUT2D eigenvalue weighted by Crippen LogP contribution is 2.32. The number of aliphatic hydroxyl groups excluding tert-OH is 1. The summed E-state index contributed by atoms with van der Waals surface area (Å²) in [6.45, 7) is 8.23. The molecule has 0 spiro atoms. The molecule has 11 nitrogen and oxygen atoms in total. The third-order valence-electron chi connectivity index (χ3n) is 7.17. The van der Waals surface area contributed by atoms with Crippen molar-refractivity contribution >= 4 is 23.8 Å². The lowest BCUT2D eigenvalue weighted by Gasteiger charge is -2.30. The summed E-state index contributed by atoms with van der Waals surface area (Å²) in [5.74, 6) is -0.601. The molecule has 44 heavy (non-hydrogen) atoms. The van der Waals surface area contributed by atoms with Crippen LogP contribution in [0.15, 0.2) is 48.5 Å². The van der Waals surface area contributed by atoms with Crippen molar-refractivity contribution < 1.29 is 38.5 Å². The van der Waals surface area contributed by atoms with E-state index in [-0.39, 0.29) is 55.9 Å². The Labute approximate surface area is 259 Å². The topological polar surface area (TPSA) is 144 Å². The van der Waals surface area contributed by atoms with E-state index in [9.17, 15) is 24.3 Å². The summed E-state index contributed by atoms with van der Waals surface area (Å²) in [7, 11) is 0. The number of aliphatic hydroxyl groups is 1. The van der Waals surface area contributed by atoms with E-state index in [4.69, 9.17) is 14.2 Å². The number of nitrogens with zero attached hydrogens (tertiary/aromatic N) is 1. The number of β-amino-alcohol motifs (C(OH)–C–C–N with tert-alkyl or cyclic N) is 1. The van der Waals surface area contributed by atoms with Crippen LogP contribution in [-0.4, -0.2) is 71.6 Å². The largest absolute Gasteiger partial charge is 0.484 e. The number of ether oxygens (including phenoxy) is 3. The molecule has 11 heteroatoms. The Hall–Kier alpha value is -3.96. The monoisotopic (exact) mass is 611 g/mol. The smallest absolute Gasteiger partial charge is 0.311 e. The number of nitrogens with one attached hydrogen (secondary N) is 2. The molecular weight excluding hydrogens is 566 g/mol. The number of benzene rings is 2. The van der Waals surface area contributed by atoms with Crippen molar-refractivity contribution in [1.82, 2.24) is 15.5 Å². The predicted molar refractivity (Wildman–Crippen MR) is 164 cm³/mol. The first kappa shape index (κ1) is 34.5. The summed E-state index contributed by atoms with van der Waals surface area (Å²) in [6, 6.07) is 13.1. The second-order valence-electron chi connectivity index (χ2n) is 11.5. The summed E-state index contributed by atoms with van der Waals surface area (Å²) < 4.78 is 16.4. The second kappa shape index (κ2) is 16.8. The first-order chi connectivity index (χ1) is 21.0. The van der Waals surface area contributed by atoms with Crippen LogP contribution in [0.2, 0.25) is 0 Å². The van der Waals surface area contributed by atoms with Gasteiger partial charge in [-0.1, -0.05) is 38.1 Å². The van der Waals surface area contributed by atoms with Gasteiger partial charge in [0.2, 0.25) is 5.91 Å². The third-order valence-corrected chi connectivity index (χ3v) is 7.17. The van der Waals surface area contributed by atoms with Gasteiger partial charge >= 0.3 is 11.9 Å². The molecule has 3 rings (SSSR count). The van der Waals surface area contributed by atoms with Crippen LogP contribution in [0.3, 0.4) is 0 Å². The van der Waals surface area contributed by atoms with Gasteiger partial charge in [0.1, 0.15) is 11.8 Å². The van der Waals surface area contributed by atoms with Gasteiger partial charge in [0.25, 0.3) is 5.91 Å². The summed E-state index contributed by atoms with van der Waals surface area (Å²) >= 11 is 0. The number of likely N-dealkylation sites (tertiary alicyclic amines) is 1. The maximum atomic E-state index is 13.1. The molecule has 1 aliphatic heterocycles. The predicted octanol–water partition coefficient (Wildman–Crippen LogP) is 3.69. The van der Waals surface area contributed by atoms with E-state index in [0.29, 0.717) is 37.1 Å². The van der Waals surface area contributed by atoms with Crippen LogP contribution in [0.25, 0.3) is 0 Å². The lowest BCUT2D eigenvalue weighted by molar-refractivity contribution is -0.140. The highest BCUT2D eigenvalue weighted by molar-refractivity contribution is 5.88. The molecule has 240 valence electrons. The van der Waals surface area contributed by atoms with E-state index in [1.165, 1.54) is 12.1 Å². The van der Waals surface area contributed by atoms with E-state index >= 15 is 0 Å². The fourth-order valence-corrected chi connectivity index (χ4v) is 4.71. The van der Waals surface area contributed by atoms with E-state index in [2.05, 4.69) is 10.6 Å². The van der Waals surface area contributed by atoms with E-state index in [1.54, 1.807) is 23.1 Å². The van der Waals surface area contributed by atoms with Crippen LogP contribution in [0.4, 0.5) is 0 Å². The van der Waals surface area contributed by atoms with Gasteiger partial charge in [-0.25, -0.2) is 0 Å². The summed E-state index contributed by atoms with van der Waals surface area (Å²) in [4.78, 5) is 51.7. The Bertz CT molecular complexity index is 1270. The quantitative estimate of drug-likeness (QED) is 0.191. The van der Waals surface area contributed by atoms with Crippen LogP contribution in [0, 0.1) is 0 Å². The Balaban J connectivity index is 1.54. The van der Waals surface area contributed by atoms with Gasteiger partial charge in [0.15, 0.2) is 18.1 Å². The molecule has 3 N–H and O–H groups in total. The molecule has 2 amide bonds. The normalized spacial score (nSPS) is 15.4. The maximum Gasteiger partial charge on any atom is 0.311 e.